The molecule has 1 aromatic carbocycles. The zero-order chi connectivity index (χ0) is 22.7. The molecule has 0 aliphatic rings. The van der Waals surface area contributed by atoms with Crippen LogP contribution in [0.2, 0.25) is 0 Å². The molecule has 7 heteroatoms. The lowest BCUT2D eigenvalue weighted by Crippen LogP contribution is -2.19. The fraction of sp³-hybridized carbons (Fsp3) is 0.333. The molecule has 5 nitrogen and oxygen atoms in total. The second kappa shape index (κ2) is 9.68. The average Bonchev–Trinajstić information content (AvgIpc) is 3.05. The van der Waals surface area contributed by atoms with Gasteiger partial charge in [-0.05, 0) is 36.6 Å². The number of hydrogen-bond donors (Lipinski definition) is 3. The summed E-state index contributed by atoms with van der Waals surface area (Å²) >= 11 is 1.60. The third-order valence-electron chi connectivity index (χ3n) is 4.96. The number of pyridine rings is 1. The van der Waals surface area contributed by atoms with Gasteiger partial charge in [-0.15, -0.1) is 11.3 Å². The summed E-state index contributed by atoms with van der Waals surface area (Å²) in [6.45, 7) is 6.08. The third kappa shape index (κ3) is 5.55. The Bertz CT molecular complexity index is 1100. The van der Waals surface area contributed by atoms with Crippen LogP contribution in [0.4, 0.5) is 4.39 Å². The highest BCUT2D eigenvalue weighted by atomic mass is 32.1. The highest BCUT2D eigenvalue weighted by Crippen LogP contribution is 2.39. The summed E-state index contributed by atoms with van der Waals surface area (Å²) in [5, 5.41) is 29.9. The molecule has 2 atom stereocenters. The van der Waals surface area contributed by atoms with Crippen LogP contribution in [0.25, 0.3) is 27.4 Å². The maximum Gasteiger partial charge on any atom is 0.305 e. The Hall–Kier alpha value is -2.61. The largest absolute Gasteiger partial charge is 0.481 e. The topological polar surface area (TPSA) is 90.7 Å². The zero-order valence-corrected chi connectivity index (χ0v) is 18.5. The number of benzene rings is 1. The number of rotatable bonds is 8. The van der Waals surface area contributed by atoms with Crippen LogP contribution in [0.3, 0.4) is 0 Å². The van der Waals surface area contributed by atoms with E-state index in [0.717, 1.165) is 37.5 Å². The SMILES string of the molecule is Cc1cc2c(-c3ccc(F)cc3)c(C=CC(O)CC(O)CC(=O)O)c(C(C)C)nc2s1. The molecule has 0 bridgehead atoms. The molecule has 2 heterocycles. The molecule has 0 saturated heterocycles. The van der Waals surface area contributed by atoms with Crippen molar-refractivity contribution in [2.24, 2.45) is 0 Å². The van der Waals surface area contributed by atoms with Crippen molar-refractivity contribution in [2.75, 3.05) is 0 Å². The van der Waals surface area contributed by atoms with Crippen LogP contribution in [0.15, 0.2) is 36.4 Å². The van der Waals surface area contributed by atoms with Gasteiger partial charge in [0.2, 0.25) is 0 Å². The number of aliphatic hydroxyl groups is 2. The number of hydrogen-bond acceptors (Lipinski definition) is 5. The molecule has 3 rings (SSSR count). The Morgan fingerprint density at radius 2 is 1.90 bits per heavy atom. The fourth-order valence-electron chi connectivity index (χ4n) is 3.59. The highest BCUT2D eigenvalue weighted by molar-refractivity contribution is 7.18. The maximum atomic E-state index is 13.6. The van der Waals surface area contributed by atoms with Gasteiger partial charge in [0.1, 0.15) is 10.6 Å². The Kier molecular flexibility index (Phi) is 7.20. The minimum Gasteiger partial charge on any atom is -0.481 e. The molecule has 164 valence electrons. The molecule has 0 fully saturated rings. The number of aromatic nitrogens is 1. The zero-order valence-electron chi connectivity index (χ0n) is 17.7. The smallest absolute Gasteiger partial charge is 0.305 e. The maximum absolute atomic E-state index is 13.6. The quantitative estimate of drug-likeness (QED) is 0.449. The summed E-state index contributed by atoms with van der Waals surface area (Å²) in [6, 6.07) is 8.35. The van der Waals surface area contributed by atoms with Gasteiger partial charge in [0.05, 0.1) is 24.3 Å². The summed E-state index contributed by atoms with van der Waals surface area (Å²) in [4.78, 5) is 17.6. The molecule has 3 aromatic rings. The van der Waals surface area contributed by atoms with Gasteiger partial charge in [0, 0.05) is 27.8 Å². The number of carbonyl (C=O) groups is 1. The van der Waals surface area contributed by atoms with Gasteiger partial charge in [0.15, 0.2) is 0 Å². The van der Waals surface area contributed by atoms with Gasteiger partial charge in [-0.3, -0.25) is 4.79 Å². The summed E-state index contributed by atoms with van der Waals surface area (Å²) in [6.07, 6.45) is 0.648. The van der Waals surface area contributed by atoms with Crippen LogP contribution in [0, 0.1) is 12.7 Å². The minimum absolute atomic E-state index is 0.0844. The van der Waals surface area contributed by atoms with Crippen LogP contribution in [-0.2, 0) is 4.79 Å². The van der Waals surface area contributed by atoms with Gasteiger partial charge >= 0.3 is 5.97 Å². The summed E-state index contributed by atoms with van der Waals surface area (Å²) in [5.74, 6) is -1.34. The van der Waals surface area contributed by atoms with Crippen molar-refractivity contribution in [1.29, 1.82) is 0 Å². The molecule has 31 heavy (non-hydrogen) atoms. The first-order valence-electron chi connectivity index (χ1n) is 10.1. The lowest BCUT2D eigenvalue weighted by molar-refractivity contribution is -0.139. The number of thiophene rings is 1. The number of halogens is 1. The first-order valence-corrected chi connectivity index (χ1v) is 10.9. The van der Waals surface area contributed by atoms with E-state index < -0.39 is 24.6 Å². The Balaban J connectivity index is 2.12. The molecule has 0 radical (unpaired) electrons. The molecule has 2 unspecified atom stereocenters. The first-order chi connectivity index (χ1) is 14.7. The summed E-state index contributed by atoms with van der Waals surface area (Å²) in [5.41, 5.74) is 3.42. The monoisotopic (exact) mass is 443 g/mol. The predicted molar refractivity (Wildman–Crippen MR) is 122 cm³/mol. The van der Waals surface area contributed by atoms with Crippen molar-refractivity contribution in [3.8, 4) is 11.1 Å². The van der Waals surface area contributed by atoms with Crippen molar-refractivity contribution >= 4 is 33.6 Å². The van der Waals surface area contributed by atoms with E-state index >= 15 is 0 Å². The van der Waals surface area contributed by atoms with E-state index in [4.69, 9.17) is 10.1 Å². The van der Waals surface area contributed by atoms with Gasteiger partial charge < -0.3 is 15.3 Å². The van der Waals surface area contributed by atoms with Gasteiger partial charge in [-0.25, -0.2) is 9.37 Å². The standard InChI is InChI=1S/C24H26FNO4S/c1-13(2)23-19(9-8-17(27)11-18(28)12-21(29)30)22(15-4-6-16(25)7-5-15)20-10-14(3)31-24(20)26-23/h4-10,13,17-18,27-28H,11-12H2,1-3H3,(H,29,30). The number of carboxylic acid groups (broad SMARTS) is 1. The highest BCUT2D eigenvalue weighted by Gasteiger charge is 2.19. The van der Waals surface area contributed by atoms with Crippen molar-refractivity contribution in [1.82, 2.24) is 4.98 Å². The van der Waals surface area contributed by atoms with Crippen LogP contribution in [-0.4, -0.2) is 38.5 Å². The first kappa shape index (κ1) is 23.1. The number of aryl methyl sites for hydroxylation is 1. The lowest BCUT2D eigenvalue weighted by Gasteiger charge is -2.17. The molecule has 2 aromatic heterocycles. The van der Waals surface area contributed by atoms with E-state index in [0.29, 0.717) is 0 Å². The Morgan fingerprint density at radius 3 is 2.52 bits per heavy atom. The Labute approximate surface area is 184 Å². The van der Waals surface area contributed by atoms with Crippen molar-refractivity contribution in [2.45, 2.75) is 51.7 Å². The predicted octanol–water partition coefficient (Wildman–Crippen LogP) is 5.13. The molecule has 3 N–H and O–H groups in total. The normalized spacial score (nSPS) is 13.9. The van der Waals surface area contributed by atoms with Crippen LogP contribution in [0.5, 0.6) is 0 Å². The average molecular weight is 444 g/mol. The molecule has 0 amide bonds. The van der Waals surface area contributed by atoms with Crippen LogP contribution >= 0.6 is 11.3 Å². The number of aliphatic hydroxyl groups excluding tert-OH is 2. The summed E-state index contributed by atoms with van der Waals surface area (Å²) < 4.78 is 13.6. The number of carboxylic acids is 1. The van der Waals surface area contributed by atoms with Gasteiger partial charge in [-0.1, -0.05) is 38.1 Å². The Morgan fingerprint density at radius 1 is 1.23 bits per heavy atom. The van der Waals surface area contributed by atoms with E-state index in [1.807, 2.05) is 20.8 Å². The molecule has 0 aliphatic carbocycles. The van der Waals surface area contributed by atoms with Crippen LogP contribution in [0.1, 0.15) is 48.7 Å². The van der Waals surface area contributed by atoms with E-state index in [-0.39, 0.29) is 18.2 Å². The van der Waals surface area contributed by atoms with Crippen molar-refractivity contribution < 1.29 is 24.5 Å². The van der Waals surface area contributed by atoms with Crippen LogP contribution < -0.4 is 0 Å². The van der Waals surface area contributed by atoms with Gasteiger partial charge in [-0.2, -0.15) is 0 Å². The fourth-order valence-corrected chi connectivity index (χ4v) is 4.49. The van der Waals surface area contributed by atoms with E-state index in [1.54, 1.807) is 35.6 Å². The molecule has 0 aliphatic heterocycles. The van der Waals surface area contributed by atoms with Crippen molar-refractivity contribution in [3.63, 3.8) is 0 Å². The molecular formula is C24H26FNO4S. The van der Waals surface area contributed by atoms with E-state index in [1.165, 1.54) is 12.1 Å². The second-order valence-corrected chi connectivity index (χ2v) is 9.17. The third-order valence-corrected chi connectivity index (χ3v) is 5.91. The lowest BCUT2D eigenvalue weighted by atomic mass is 9.91. The number of aliphatic carboxylic acids is 1. The molecule has 0 spiro atoms. The second-order valence-electron chi connectivity index (χ2n) is 7.94. The molecular weight excluding hydrogens is 417 g/mol. The number of nitrogens with zero attached hydrogens (tertiary/aromatic N) is 1. The minimum atomic E-state index is -1.14. The number of fused-ring (bicyclic) bond motifs is 1. The van der Waals surface area contributed by atoms with E-state index in [9.17, 15) is 19.4 Å². The van der Waals surface area contributed by atoms with E-state index in [2.05, 4.69) is 6.07 Å². The van der Waals surface area contributed by atoms with Crippen molar-refractivity contribution in [3.05, 3.63) is 58.4 Å². The van der Waals surface area contributed by atoms with Gasteiger partial charge in [0.25, 0.3) is 0 Å². The summed E-state index contributed by atoms with van der Waals surface area (Å²) in [7, 11) is 0. The molecule has 0 saturated carbocycles.